The van der Waals surface area contributed by atoms with Crippen molar-refractivity contribution in [1.29, 1.82) is 0 Å². The average molecular weight is 368 g/mol. The van der Waals surface area contributed by atoms with Crippen LogP contribution in [-0.4, -0.2) is 45.0 Å². The predicted molar refractivity (Wildman–Crippen MR) is 96.8 cm³/mol. The van der Waals surface area contributed by atoms with Gasteiger partial charge in [0.1, 0.15) is 11.8 Å². The van der Waals surface area contributed by atoms with Crippen molar-refractivity contribution in [3.63, 3.8) is 0 Å². The van der Waals surface area contributed by atoms with Gasteiger partial charge in [-0.05, 0) is 47.0 Å². The summed E-state index contributed by atoms with van der Waals surface area (Å²) in [5.41, 5.74) is 4.79. The maximum atomic E-state index is 11.9. The van der Waals surface area contributed by atoms with E-state index in [2.05, 4.69) is 16.0 Å². The molecule has 0 aliphatic carbocycles. The third kappa shape index (κ3) is 5.07. The van der Waals surface area contributed by atoms with Gasteiger partial charge < -0.3 is 9.64 Å². The average Bonchev–Trinajstić information content (AvgIpc) is 2.78. The molecule has 1 aromatic rings. The molecule has 10 nitrogen and oxygen atoms in total. The van der Waals surface area contributed by atoms with E-state index >= 15 is 0 Å². The number of hydrazine groups is 1. The van der Waals surface area contributed by atoms with E-state index in [-0.39, 0.29) is 11.2 Å². The number of carbonyl (C=O) groups is 1. The van der Waals surface area contributed by atoms with Gasteiger partial charge in [-0.3, -0.25) is 15.5 Å². The van der Waals surface area contributed by atoms with Crippen LogP contribution < -0.4 is 15.8 Å². The van der Waals surface area contributed by atoms with Crippen molar-refractivity contribution in [2.75, 3.05) is 18.0 Å². The Kier molecular flexibility index (Phi) is 5.74. The van der Waals surface area contributed by atoms with Gasteiger partial charge in [0.15, 0.2) is 0 Å². The maximum Gasteiger partial charge on any atom is 0.422 e. The minimum Gasteiger partial charge on any atom is -0.443 e. The zero-order valence-electron chi connectivity index (χ0n) is 16.0. The summed E-state index contributed by atoms with van der Waals surface area (Å²) >= 11 is 0. The number of nitrogens with one attached hydrogen (secondary N) is 2. The van der Waals surface area contributed by atoms with Gasteiger partial charge in [-0.2, -0.15) is 5.10 Å². The maximum absolute atomic E-state index is 11.9. The van der Waals surface area contributed by atoms with Gasteiger partial charge >= 0.3 is 11.8 Å². The van der Waals surface area contributed by atoms with Gasteiger partial charge in [0.2, 0.25) is 5.82 Å². The molecule has 1 aliphatic heterocycles. The zero-order chi connectivity index (χ0) is 19.5. The fourth-order valence-electron chi connectivity index (χ4n) is 3.04. The standard InChI is InChI=1S/C16H28N6O4/c1-15(2,3)26-14(23)18-19-16(4)7-6-9-21(10-8-16)13-12(22(24)25)11-17-20(13)5/h11,19H,6-10H2,1-5H3,(H,18,23). The van der Waals surface area contributed by atoms with Crippen molar-refractivity contribution >= 4 is 17.6 Å². The minimum atomic E-state index is -0.564. The Morgan fingerprint density at radius 3 is 2.69 bits per heavy atom. The Bertz CT molecular complexity index is 668. The van der Waals surface area contributed by atoms with E-state index in [1.54, 1.807) is 27.8 Å². The van der Waals surface area contributed by atoms with Crippen LogP contribution in [0.4, 0.5) is 16.3 Å². The van der Waals surface area contributed by atoms with Crippen LogP contribution in [0.25, 0.3) is 0 Å². The molecule has 2 N–H and O–H groups in total. The molecular formula is C16H28N6O4. The smallest absolute Gasteiger partial charge is 0.422 e. The fourth-order valence-corrected chi connectivity index (χ4v) is 3.04. The second-order valence-electron chi connectivity index (χ2n) is 7.89. The number of anilines is 1. The molecule has 146 valence electrons. The Morgan fingerprint density at radius 2 is 2.08 bits per heavy atom. The number of rotatable bonds is 4. The highest BCUT2D eigenvalue weighted by atomic mass is 16.6. The molecule has 1 unspecified atom stereocenters. The van der Waals surface area contributed by atoms with Crippen molar-refractivity contribution in [3.8, 4) is 0 Å². The monoisotopic (exact) mass is 368 g/mol. The molecule has 1 aromatic heterocycles. The van der Waals surface area contributed by atoms with Crippen molar-refractivity contribution < 1.29 is 14.5 Å². The Morgan fingerprint density at radius 1 is 1.38 bits per heavy atom. The minimum absolute atomic E-state index is 0.0101. The first kappa shape index (κ1) is 20.0. The van der Waals surface area contributed by atoms with Crippen molar-refractivity contribution in [3.05, 3.63) is 16.3 Å². The van der Waals surface area contributed by atoms with Gasteiger partial charge in [-0.1, -0.05) is 0 Å². The Labute approximate surface area is 153 Å². The third-order valence-corrected chi connectivity index (χ3v) is 4.34. The Hall–Kier alpha value is -2.36. The van der Waals surface area contributed by atoms with Crippen LogP contribution in [0.2, 0.25) is 0 Å². The summed E-state index contributed by atoms with van der Waals surface area (Å²) in [7, 11) is 1.70. The SMILES string of the molecule is Cn1ncc([N+](=O)[O-])c1N1CCCC(C)(NNC(=O)OC(C)(C)C)CC1. The molecule has 0 radical (unpaired) electrons. The topological polar surface area (TPSA) is 115 Å². The lowest BCUT2D eigenvalue weighted by Gasteiger charge is -2.30. The van der Waals surface area contributed by atoms with Crippen molar-refractivity contribution in [1.82, 2.24) is 20.6 Å². The third-order valence-electron chi connectivity index (χ3n) is 4.34. The highest BCUT2D eigenvalue weighted by molar-refractivity contribution is 5.67. The van der Waals surface area contributed by atoms with Crippen LogP contribution in [0.1, 0.15) is 47.0 Å². The predicted octanol–water partition coefficient (Wildman–Crippen LogP) is 2.11. The van der Waals surface area contributed by atoms with Crippen molar-refractivity contribution in [2.24, 2.45) is 7.05 Å². The summed E-state index contributed by atoms with van der Waals surface area (Å²) in [6, 6.07) is 0. The van der Waals surface area contributed by atoms with E-state index in [1.165, 1.54) is 10.9 Å². The molecule has 0 spiro atoms. The summed E-state index contributed by atoms with van der Waals surface area (Å²) < 4.78 is 6.77. The molecule has 1 fully saturated rings. The van der Waals surface area contributed by atoms with Gasteiger partial charge in [-0.15, -0.1) is 0 Å². The molecule has 1 atom stereocenters. The lowest BCUT2D eigenvalue weighted by atomic mass is 9.94. The summed E-state index contributed by atoms with van der Waals surface area (Å²) in [6.07, 6.45) is 3.08. The lowest BCUT2D eigenvalue weighted by molar-refractivity contribution is -0.384. The fraction of sp³-hybridized carbons (Fsp3) is 0.750. The molecule has 0 bridgehead atoms. The van der Waals surface area contributed by atoms with Gasteiger partial charge in [0.05, 0.1) is 4.92 Å². The van der Waals surface area contributed by atoms with E-state index in [4.69, 9.17) is 4.74 Å². The van der Waals surface area contributed by atoms with E-state index < -0.39 is 16.6 Å². The van der Waals surface area contributed by atoms with E-state index in [1.807, 2.05) is 11.8 Å². The zero-order valence-corrected chi connectivity index (χ0v) is 16.0. The van der Waals surface area contributed by atoms with E-state index in [9.17, 15) is 14.9 Å². The normalized spacial score (nSPS) is 21.2. The number of aromatic nitrogens is 2. The molecule has 2 heterocycles. The Balaban J connectivity index is 2.00. The van der Waals surface area contributed by atoms with Crippen LogP contribution in [0, 0.1) is 10.1 Å². The lowest BCUT2D eigenvalue weighted by Crippen LogP contribution is -2.53. The molecule has 1 aliphatic rings. The summed E-state index contributed by atoms with van der Waals surface area (Å²) in [4.78, 5) is 24.7. The first-order valence-electron chi connectivity index (χ1n) is 8.68. The number of carbonyl (C=O) groups excluding carboxylic acids is 1. The highest BCUT2D eigenvalue weighted by Gasteiger charge is 2.32. The first-order chi connectivity index (χ1) is 12.0. The van der Waals surface area contributed by atoms with Crippen LogP contribution in [0.15, 0.2) is 6.20 Å². The molecular weight excluding hydrogens is 340 g/mol. The van der Waals surface area contributed by atoms with Crippen molar-refractivity contribution in [2.45, 2.75) is 58.1 Å². The number of amides is 1. The summed E-state index contributed by atoms with van der Waals surface area (Å²) in [5.74, 6) is 0.513. The number of ether oxygens (including phenoxy) is 1. The number of hydrogen-bond donors (Lipinski definition) is 2. The largest absolute Gasteiger partial charge is 0.443 e. The highest BCUT2D eigenvalue weighted by Crippen LogP contribution is 2.31. The number of nitro groups is 1. The molecule has 1 amide bonds. The van der Waals surface area contributed by atoms with Crippen LogP contribution in [-0.2, 0) is 11.8 Å². The van der Waals surface area contributed by atoms with Gasteiger partial charge in [0, 0.05) is 25.7 Å². The summed E-state index contributed by atoms with van der Waals surface area (Å²) in [6.45, 7) is 8.73. The van der Waals surface area contributed by atoms with Crippen LogP contribution >= 0.6 is 0 Å². The van der Waals surface area contributed by atoms with E-state index in [0.29, 0.717) is 25.3 Å². The molecule has 26 heavy (non-hydrogen) atoms. The molecule has 0 aromatic carbocycles. The van der Waals surface area contributed by atoms with Gasteiger partial charge in [0.25, 0.3) is 0 Å². The molecule has 1 saturated heterocycles. The van der Waals surface area contributed by atoms with Crippen LogP contribution in [0.5, 0.6) is 0 Å². The first-order valence-corrected chi connectivity index (χ1v) is 8.68. The molecule has 0 saturated carbocycles. The second-order valence-corrected chi connectivity index (χ2v) is 7.89. The number of hydrogen-bond acceptors (Lipinski definition) is 7. The van der Waals surface area contributed by atoms with E-state index in [0.717, 1.165) is 12.8 Å². The number of nitrogens with zero attached hydrogens (tertiary/aromatic N) is 4. The number of aryl methyl sites for hydroxylation is 1. The molecule has 10 heteroatoms. The van der Waals surface area contributed by atoms with Gasteiger partial charge in [-0.25, -0.2) is 14.9 Å². The second kappa shape index (κ2) is 7.48. The molecule has 2 rings (SSSR count). The van der Waals surface area contributed by atoms with Crippen LogP contribution in [0.3, 0.4) is 0 Å². The quantitative estimate of drug-likeness (QED) is 0.618. The summed E-state index contributed by atoms with van der Waals surface area (Å²) in [5, 5.41) is 15.3.